The number of aromatic nitrogens is 1. The molecule has 200 valence electrons. The SMILES string of the molecule is O=C(O)c1c(C(=O)C=P(c2ccccc2)(c2ccccc2)c2ccccc2)n(Cc2ccccc2)c2ccccc12. The van der Waals surface area contributed by atoms with Crippen LogP contribution < -0.4 is 15.9 Å². The maximum atomic E-state index is 14.8. The molecular weight excluding hydrogens is 525 g/mol. The maximum absolute atomic E-state index is 14.8. The van der Waals surface area contributed by atoms with E-state index in [9.17, 15) is 14.7 Å². The molecule has 5 heteroatoms. The van der Waals surface area contributed by atoms with Crippen molar-refractivity contribution in [1.82, 2.24) is 4.57 Å². The Bertz CT molecular complexity index is 1790. The van der Waals surface area contributed by atoms with E-state index in [4.69, 9.17) is 0 Å². The van der Waals surface area contributed by atoms with Crippen LogP contribution in [0.2, 0.25) is 0 Å². The second-order valence-corrected chi connectivity index (χ2v) is 13.1. The molecule has 41 heavy (non-hydrogen) atoms. The molecular formula is C36H28NO3P. The lowest BCUT2D eigenvalue weighted by atomic mass is 10.1. The largest absolute Gasteiger partial charge is 0.478 e. The molecule has 1 aromatic heterocycles. The maximum Gasteiger partial charge on any atom is 0.338 e. The van der Waals surface area contributed by atoms with Crippen LogP contribution in [0.25, 0.3) is 10.9 Å². The number of Topliss-reactive ketones (excluding diaryl/α,β-unsaturated/α-hetero) is 1. The van der Waals surface area contributed by atoms with E-state index in [-0.39, 0.29) is 17.0 Å². The highest BCUT2D eigenvalue weighted by atomic mass is 31.2. The van der Waals surface area contributed by atoms with Crippen molar-refractivity contribution in [1.29, 1.82) is 0 Å². The molecule has 0 spiro atoms. The predicted octanol–water partition coefficient (Wildman–Crippen LogP) is 6.37. The van der Waals surface area contributed by atoms with Crippen LogP contribution in [-0.2, 0) is 6.54 Å². The highest BCUT2D eigenvalue weighted by Gasteiger charge is 2.31. The summed E-state index contributed by atoms with van der Waals surface area (Å²) in [6, 6.07) is 47.4. The minimum atomic E-state index is -2.65. The number of carboxylic acid groups (broad SMARTS) is 1. The number of rotatable bonds is 8. The van der Waals surface area contributed by atoms with Gasteiger partial charge in [-0.2, -0.15) is 0 Å². The molecule has 0 atom stereocenters. The molecule has 1 N–H and O–H groups in total. The van der Waals surface area contributed by atoms with Crippen LogP contribution >= 0.6 is 6.89 Å². The third-order valence-electron chi connectivity index (χ3n) is 7.40. The number of hydrogen-bond acceptors (Lipinski definition) is 2. The van der Waals surface area contributed by atoms with Crippen LogP contribution in [0.3, 0.4) is 0 Å². The molecule has 6 aromatic rings. The van der Waals surface area contributed by atoms with E-state index in [0.29, 0.717) is 17.4 Å². The van der Waals surface area contributed by atoms with Gasteiger partial charge in [-0.1, -0.05) is 140 Å². The first kappa shape index (κ1) is 26.3. The molecule has 0 aliphatic heterocycles. The number of fused-ring (bicyclic) bond motifs is 1. The Hall–Kier alpha value is -4.92. The van der Waals surface area contributed by atoms with Crippen LogP contribution in [0.5, 0.6) is 0 Å². The Balaban J connectivity index is 1.70. The third kappa shape index (κ3) is 4.84. The van der Waals surface area contributed by atoms with Crippen molar-refractivity contribution in [2.45, 2.75) is 6.54 Å². The summed E-state index contributed by atoms with van der Waals surface area (Å²) >= 11 is 0. The number of hydrogen-bond donors (Lipinski definition) is 1. The van der Waals surface area contributed by atoms with Gasteiger partial charge in [-0.25, -0.2) is 4.79 Å². The fourth-order valence-electron chi connectivity index (χ4n) is 5.60. The van der Waals surface area contributed by atoms with Gasteiger partial charge in [0.1, 0.15) is 5.69 Å². The van der Waals surface area contributed by atoms with Crippen molar-refractivity contribution in [2.24, 2.45) is 0 Å². The van der Waals surface area contributed by atoms with Gasteiger partial charge in [0.05, 0.1) is 5.56 Å². The second-order valence-electron chi connectivity index (χ2n) is 9.84. The van der Waals surface area contributed by atoms with Gasteiger partial charge in [0.25, 0.3) is 0 Å². The number of ketones is 1. The quantitative estimate of drug-likeness (QED) is 0.176. The summed E-state index contributed by atoms with van der Waals surface area (Å²) in [6.45, 7) is -2.28. The fraction of sp³-hybridized carbons (Fsp3) is 0.0278. The van der Waals surface area contributed by atoms with E-state index in [1.165, 1.54) is 0 Å². The van der Waals surface area contributed by atoms with E-state index in [1.807, 2.05) is 113 Å². The molecule has 0 bridgehead atoms. The molecule has 5 aromatic carbocycles. The Labute approximate surface area is 239 Å². The van der Waals surface area contributed by atoms with Crippen molar-refractivity contribution in [3.05, 3.63) is 162 Å². The van der Waals surface area contributed by atoms with E-state index >= 15 is 0 Å². The number of carbonyl (C=O) groups is 2. The number of aromatic carboxylic acids is 1. The molecule has 0 amide bonds. The normalized spacial score (nSPS) is 11.3. The zero-order valence-electron chi connectivity index (χ0n) is 22.3. The Morgan fingerprint density at radius 1 is 0.610 bits per heavy atom. The Morgan fingerprint density at radius 3 is 1.54 bits per heavy atom. The molecule has 0 saturated heterocycles. The zero-order valence-corrected chi connectivity index (χ0v) is 23.2. The van der Waals surface area contributed by atoms with Gasteiger partial charge in [-0.3, -0.25) is 4.79 Å². The summed E-state index contributed by atoms with van der Waals surface area (Å²) in [6.07, 6.45) is 0. The lowest BCUT2D eigenvalue weighted by Gasteiger charge is -2.28. The molecule has 0 aliphatic rings. The van der Waals surface area contributed by atoms with Crippen molar-refractivity contribution in [3.63, 3.8) is 0 Å². The van der Waals surface area contributed by atoms with Crippen LogP contribution in [0.4, 0.5) is 0 Å². The first-order chi connectivity index (χ1) is 20.1. The van der Waals surface area contributed by atoms with E-state index in [0.717, 1.165) is 21.5 Å². The van der Waals surface area contributed by atoms with Gasteiger partial charge in [-0.15, -0.1) is 0 Å². The van der Waals surface area contributed by atoms with Crippen molar-refractivity contribution >= 4 is 51.3 Å². The van der Waals surface area contributed by atoms with Crippen LogP contribution in [0, 0.1) is 0 Å². The first-order valence-corrected chi connectivity index (χ1v) is 15.3. The average molecular weight is 554 g/mol. The highest BCUT2D eigenvalue weighted by molar-refractivity contribution is 7.95. The van der Waals surface area contributed by atoms with E-state index in [2.05, 4.69) is 36.4 Å². The topological polar surface area (TPSA) is 59.3 Å². The third-order valence-corrected chi connectivity index (χ3v) is 11.4. The summed E-state index contributed by atoms with van der Waals surface area (Å²) < 4.78 is 1.86. The molecule has 1 heterocycles. The standard InChI is InChI=1S/C36H28NO3P/c38-33(35-34(36(39)40)31-23-13-14-24-32(31)37(35)25-27-15-5-1-6-16-27)26-41(28-17-7-2-8-18-28,29-19-9-3-10-20-29)30-21-11-4-12-22-30/h1-24,26H,25H2,(H,39,40). The molecule has 0 radical (unpaired) electrons. The fourth-order valence-corrected chi connectivity index (χ4v) is 9.35. The minimum Gasteiger partial charge on any atom is -0.478 e. The monoisotopic (exact) mass is 553 g/mol. The van der Waals surface area contributed by atoms with E-state index in [1.54, 1.807) is 6.07 Å². The predicted molar refractivity (Wildman–Crippen MR) is 170 cm³/mol. The smallest absolute Gasteiger partial charge is 0.338 e. The van der Waals surface area contributed by atoms with Gasteiger partial charge in [0.2, 0.25) is 5.78 Å². The van der Waals surface area contributed by atoms with Crippen LogP contribution in [-0.4, -0.2) is 27.2 Å². The summed E-state index contributed by atoms with van der Waals surface area (Å²) in [7, 11) is 0. The summed E-state index contributed by atoms with van der Waals surface area (Å²) in [4.78, 5) is 27.6. The number of carboxylic acids is 1. The highest BCUT2D eigenvalue weighted by Crippen LogP contribution is 2.44. The molecule has 0 fully saturated rings. The number of nitrogens with zero attached hydrogens (tertiary/aromatic N) is 1. The summed E-state index contributed by atoms with van der Waals surface area (Å²) in [5.74, 6) is 0.391. The lowest BCUT2D eigenvalue weighted by molar-refractivity contribution is 0.0695. The molecule has 0 saturated carbocycles. The molecule has 0 unspecified atom stereocenters. The zero-order chi connectivity index (χ0) is 28.2. The van der Waals surface area contributed by atoms with Crippen molar-refractivity contribution in [2.75, 3.05) is 0 Å². The lowest BCUT2D eigenvalue weighted by Crippen LogP contribution is -2.29. The number of para-hydroxylation sites is 1. The average Bonchev–Trinajstić information content (AvgIpc) is 3.36. The Kier molecular flexibility index (Phi) is 7.24. The van der Waals surface area contributed by atoms with Gasteiger partial charge < -0.3 is 9.67 Å². The molecule has 6 rings (SSSR count). The van der Waals surface area contributed by atoms with Gasteiger partial charge in [0.15, 0.2) is 0 Å². The second kappa shape index (κ2) is 11.3. The first-order valence-electron chi connectivity index (χ1n) is 13.4. The summed E-state index contributed by atoms with van der Waals surface area (Å²) in [5.41, 5.74) is 1.92. The van der Waals surface area contributed by atoms with Crippen molar-refractivity contribution in [3.8, 4) is 0 Å². The molecule has 4 nitrogen and oxygen atoms in total. The number of carbonyl (C=O) groups excluding carboxylic acids is 1. The van der Waals surface area contributed by atoms with E-state index < -0.39 is 12.9 Å². The Morgan fingerprint density at radius 2 is 1.05 bits per heavy atom. The molecule has 0 aliphatic carbocycles. The number of benzene rings is 5. The van der Waals surface area contributed by atoms with Gasteiger partial charge >= 0.3 is 5.97 Å². The van der Waals surface area contributed by atoms with Crippen LogP contribution in [0.1, 0.15) is 26.4 Å². The van der Waals surface area contributed by atoms with Gasteiger partial charge in [0, 0.05) is 17.4 Å². The van der Waals surface area contributed by atoms with Crippen LogP contribution in [0.15, 0.2) is 146 Å². The summed E-state index contributed by atoms with van der Waals surface area (Å²) in [5, 5.41) is 14.1. The van der Waals surface area contributed by atoms with Crippen molar-refractivity contribution < 1.29 is 14.7 Å². The van der Waals surface area contributed by atoms with Gasteiger partial charge in [-0.05, 0) is 40.2 Å². The minimum absolute atomic E-state index is 0.0325.